The van der Waals surface area contributed by atoms with E-state index in [-0.39, 0.29) is 5.78 Å². The molecule has 1 rings (SSSR count). The summed E-state index contributed by atoms with van der Waals surface area (Å²) in [7, 11) is 0. The van der Waals surface area contributed by atoms with E-state index in [1.165, 1.54) is 9.77 Å². The van der Waals surface area contributed by atoms with Crippen molar-refractivity contribution in [1.29, 1.82) is 0 Å². The van der Waals surface area contributed by atoms with Crippen molar-refractivity contribution in [3.05, 3.63) is 16.3 Å². The fourth-order valence-corrected chi connectivity index (χ4v) is 2.80. The first-order valence-corrected chi connectivity index (χ1v) is 5.73. The molecule has 3 heteroatoms. The first-order valence-electron chi connectivity index (χ1n) is 3.86. The van der Waals surface area contributed by atoms with Gasteiger partial charge in [-0.15, -0.1) is 23.1 Å². The molecular weight excluding hydrogens is 188 g/mol. The van der Waals surface area contributed by atoms with Crippen molar-refractivity contribution < 1.29 is 4.79 Å². The molecule has 0 bridgehead atoms. The van der Waals surface area contributed by atoms with Crippen LogP contribution in [0, 0.1) is 6.92 Å². The molecule has 1 nitrogen and oxygen atoms in total. The van der Waals surface area contributed by atoms with E-state index in [1.807, 2.05) is 0 Å². The van der Waals surface area contributed by atoms with Crippen LogP contribution in [0.15, 0.2) is 16.3 Å². The van der Waals surface area contributed by atoms with Gasteiger partial charge in [-0.05, 0) is 25.3 Å². The average Bonchev–Trinajstić information content (AvgIpc) is 2.36. The number of rotatable bonds is 4. The summed E-state index contributed by atoms with van der Waals surface area (Å²) in [5, 5.41) is 2.09. The predicted molar refractivity (Wildman–Crippen MR) is 55.1 cm³/mol. The molecule has 0 unspecified atom stereocenters. The monoisotopic (exact) mass is 200 g/mol. The van der Waals surface area contributed by atoms with Gasteiger partial charge in [0.25, 0.3) is 0 Å². The normalized spacial score (nSPS) is 10.2. The minimum absolute atomic E-state index is 0.274. The minimum atomic E-state index is 0.274. The van der Waals surface area contributed by atoms with Crippen LogP contribution in [0.4, 0.5) is 0 Å². The second kappa shape index (κ2) is 4.67. The van der Waals surface area contributed by atoms with Crippen LogP contribution in [-0.2, 0) is 4.79 Å². The van der Waals surface area contributed by atoms with E-state index in [2.05, 4.69) is 18.4 Å². The third kappa shape index (κ3) is 2.99. The summed E-state index contributed by atoms with van der Waals surface area (Å²) >= 11 is 3.53. The van der Waals surface area contributed by atoms with Gasteiger partial charge in [-0.25, -0.2) is 0 Å². The van der Waals surface area contributed by atoms with Gasteiger partial charge in [-0.3, -0.25) is 4.79 Å². The maximum absolute atomic E-state index is 10.6. The largest absolute Gasteiger partial charge is 0.300 e. The van der Waals surface area contributed by atoms with Crippen molar-refractivity contribution in [3.8, 4) is 0 Å². The number of thioether (sulfide) groups is 1. The van der Waals surface area contributed by atoms with Gasteiger partial charge in [0.15, 0.2) is 0 Å². The summed E-state index contributed by atoms with van der Waals surface area (Å²) in [5.41, 5.74) is 0. The lowest BCUT2D eigenvalue weighted by Gasteiger charge is -1.97. The van der Waals surface area contributed by atoms with Crippen molar-refractivity contribution in [3.63, 3.8) is 0 Å². The molecule has 0 N–H and O–H groups in total. The Morgan fingerprint density at radius 2 is 2.42 bits per heavy atom. The Kier molecular flexibility index (Phi) is 3.82. The molecular formula is C9H12OS2. The highest BCUT2D eigenvalue weighted by atomic mass is 32.2. The smallest absolute Gasteiger partial charge is 0.130 e. The quantitative estimate of drug-likeness (QED) is 0.695. The summed E-state index contributed by atoms with van der Waals surface area (Å²) in [6.45, 7) is 3.75. The van der Waals surface area contributed by atoms with Crippen LogP contribution in [0.2, 0.25) is 0 Å². The molecule has 0 aliphatic rings. The number of Topliss-reactive ketones (excluding diaryl/α,β-unsaturated/α-hetero) is 1. The fourth-order valence-electron chi connectivity index (χ4n) is 0.828. The van der Waals surface area contributed by atoms with Crippen LogP contribution in [0.25, 0.3) is 0 Å². The summed E-state index contributed by atoms with van der Waals surface area (Å²) in [5.74, 6) is 1.18. The van der Waals surface area contributed by atoms with E-state index in [0.717, 1.165) is 5.75 Å². The topological polar surface area (TPSA) is 17.1 Å². The van der Waals surface area contributed by atoms with Crippen LogP contribution < -0.4 is 0 Å². The zero-order valence-electron chi connectivity index (χ0n) is 7.29. The second-order valence-electron chi connectivity index (χ2n) is 2.64. The second-order valence-corrected chi connectivity index (χ2v) is 4.90. The standard InChI is InChI=1S/C9H12OS2/c1-7(10)3-5-12-9-4-6-11-8(9)2/h4,6H,3,5H2,1-2H3. The predicted octanol–water partition coefficient (Wildman–Crippen LogP) is 3.13. The third-order valence-electron chi connectivity index (χ3n) is 1.52. The van der Waals surface area contributed by atoms with Crippen LogP contribution >= 0.6 is 23.1 Å². The van der Waals surface area contributed by atoms with Crippen LogP contribution in [0.3, 0.4) is 0 Å². The molecule has 0 atom stereocenters. The number of hydrogen-bond acceptors (Lipinski definition) is 3. The first-order chi connectivity index (χ1) is 5.70. The van der Waals surface area contributed by atoms with E-state index in [9.17, 15) is 4.79 Å². The SMILES string of the molecule is CC(=O)CCSc1ccsc1C. The Bertz CT molecular complexity index is 265. The lowest BCUT2D eigenvalue weighted by Crippen LogP contribution is -1.91. The summed E-state index contributed by atoms with van der Waals surface area (Å²) in [4.78, 5) is 13.3. The zero-order valence-corrected chi connectivity index (χ0v) is 8.93. The Labute approximate surface area is 81.2 Å². The van der Waals surface area contributed by atoms with Gasteiger partial charge in [-0.2, -0.15) is 0 Å². The van der Waals surface area contributed by atoms with Crippen molar-refractivity contribution in [1.82, 2.24) is 0 Å². The Hall–Kier alpha value is -0.280. The number of carbonyl (C=O) groups is 1. The van der Waals surface area contributed by atoms with Crippen molar-refractivity contribution in [2.45, 2.75) is 25.2 Å². The summed E-state index contributed by atoms with van der Waals surface area (Å²) in [6.07, 6.45) is 0.681. The third-order valence-corrected chi connectivity index (χ3v) is 3.66. The van der Waals surface area contributed by atoms with Crippen LogP contribution in [0.5, 0.6) is 0 Å². The zero-order chi connectivity index (χ0) is 8.97. The number of carbonyl (C=O) groups excluding carboxylic acids is 1. The highest BCUT2D eigenvalue weighted by molar-refractivity contribution is 7.99. The van der Waals surface area contributed by atoms with Gasteiger partial charge in [0.1, 0.15) is 5.78 Å². The van der Waals surface area contributed by atoms with E-state index in [0.29, 0.717) is 6.42 Å². The molecule has 0 spiro atoms. The van der Waals surface area contributed by atoms with E-state index in [1.54, 1.807) is 30.0 Å². The van der Waals surface area contributed by atoms with Crippen LogP contribution in [0.1, 0.15) is 18.2 Å². The minimum Gasteiger partial charge on any atom is -0.300 e. The number of aryl methyl sites for hydroxylation is 1. The lowest BCUT2D eigenvalue weighted by molar-refractivity contribution is -0.116. The van der Waals surface area contributed by atoms with Gasteiger partial charge in [0.2, 0.25) is 0 Å². The Morgan fingerprint density at radius 1 is 1.67 bits per heavy atom. The molecule has 0 fully saturated rings. The lowest BCUT2D eigenvalue weighted by atomic mass is 10.4. The van der Waals surface area contributed by atoms with E-state index >= 15 is 0 Å². The molecule has 0 amide bonds. The Morgan fingerprint density at radius 3 is 2.92 bits per heavy atom. The van der Waals surface area contributed by atoms with E-state index in [4.69, 9.17) is 0 Å². The van der Waals surface area contributed by atoms with Gasteiger partial charge >= 0.3 is 0 Å². The maximum atomic E-state index is 10.6. The summed E-state index contributed by atoms with van der Waals surface area (Å²) in [6, 6.07) is 2.12. The molecule has 1 aromatic rings. The molecule has 0 saturated heterocycles. The Balaban J connectivity index is 2.33. The molecule has 1 aromatic heterocycles. The number of ketones is 1. The van der Waals surface area contributed by atoms with Gasteiger partial charge < -0.3 is 0 Å². The molecule has 0 aromatic carbocycles. The van der Waals surface area contributed by atoms with Crippen molar-refractivity contribution >= 4 is 28.9 Å². The molecule has 1 heterocycles. The van der Waals surface area contributed by atoms with Gasteiger partial charge in [-0.1, -0.05) is 0 Å². The molecule has 0 aliphatic carbocycles. The van der Waals surface area contributed by atoms with Gasteiger partial charge in [0.05, 0.1) is 0 Å². The highest BCUT2D eigenvalue weighted by Gasteiger charge is 2.00. The maximum Gasteiger partial charge on any atom is 0.130 e. The first kappa shape index (κ1) is 9.81. The molecule has 12 heavy (non-hydrogen) atoms. The highest BCUT2D eigenvalue weighted by Crippen LogP contribution is 2.26. The van der Waals surface area contributed by atoms with Crippen LogP contribution in [-0.4, -0.2) is 11.5 Å². The van der Waals surface area contributed by atoms with Gasteiger partial charge in [0, 0.05) is 21.9 Å². The molecule has 0 saturated carbocycles. The molecule has 66 valence electrons. The average molecular weight is 200 g/mol. The number of thiophene rings is 1. The van der Waals surface area contributed by atoms with Crippen molar-refractivity contribution in [2.24, 2.45) is 0 Å². The summed E-state index contributed by atoms with van der Waals surface area (Å²) < 4.78 is 0. The van der Waals surface area contributed by atoms with Crippen molar-refractivity contribution in [2.75, 3.05) is 5.75 Å². The number of hydrogen-bond donors (Lipinski definition) is 0. The molecule has 0 radical (unpaired) electrons. The van der Waals surface area contributed by atoms with E-state index < -0.39 is 0 Å². The molecule has 0 aliphatic heterocycles. The fraction of sp³-hybridized carbons (Fsp3) is 0.444.